The molecule has 0 aromatic heterocycles. The summed E-state index contributed by atoms with van der Waals surface area (Å²) in [4.78, 5) is 28.7. The van der Waals surface area contributed by atoms with Crippen molar-refractivity contribution < 1.29 is 9.59 Å². The van der Waals surface area contributed by atoms with Gasteiger partial charge in [0.1, 0.15) is 0 Å². The molecule has 1 saturated heterocycles. The van der Waals surface area contributed by atoms with E-state index in [9.17, 15) is 9.59 Å². The first kappa shape index (κ1) is 22.8. The number of nitrogens with zero attached hydrogens (tertiary/aromatic N) is 1. The Morgan fingerprint density at radius 2 is 1.42 bits per heavy atom. The number of rotatable bonds is 5. The van der Waals surface area contributed by atoms with Crippen molar-refractivity contribution in [2.45, 2.75) is 25.7 Å². The summed E-state index contributed by atoms with van der Waals surface area (Å²) in [5.74, 6) is -0.332. The van der Waals surface area contributed by atoms with E-state index in [1.165, 1.54) is 0 Å². The zero-order valence-electron chi connectivity index (χ0n) is 18.5. The van der Waals surface area contributed by atoms with Gasteiger partial charge in [0.15, 0.2) is 0 Å². The van der Waals surface area contributed by atoms with Gasteiger partial charge in [0, 0.05) is 23.7 Å². The minimum atomic E-state index is -0.294. The molecule has 1 aliphatic rings. The molecule has 1 aliphatic heterocycles. The zero-order chi connectivity index (χ0) is 23.0. The second-order valence-corrected chi connectivity index (χ2v) is 8.56. The molecule has 5 heteroatoms. The van der Waals surface area contributed by atoms with Crippen molar-refractivity contribution in [3.63, 3.8) is 0 Å². The Labute approximate surface area is 199 Å². The molecule has 0 bridgehead atoms. The van der Waals surface area contributed by atoms with Crippen molar-refractivity contribution in [3.8, 4) is 0 Å². The van der Waals surface area contributed by atoms with E-state index >= 15 is 0 Å². The van der Waals surface area contributed by atoms with Gasteiger partial charge in [-0.25, -0.2) is 0 Å². The topological polar surface area (TPSA) is 49.4 Å². The fourth-order valence-corrected chi connectivity index (χ4v) is 4.25. The summed E-state index contributed by atoms with van der Waals surface area (Å²) in [6.07, 6.45) is 6.11. The first-order valence-corrected chi connectivity index (χ1v) is 11.7. The van der Waals surface area contributed by atoms with Gasteiger partial charge >= 0.3 is 0 Å². The van der Waals surface area contributed by atoms with Crippen molar-refractivity contribution in [2.24, 2.45) is 0 Å². The van der Waals surface area contributed by atoms with Crippen molar-refractivity contribution in [1.29, 1.82) is 0 Å². The van der Waals surface area contributed by atoms with E-state index in [1.54, 1.807) is 24.3 Å². The lowest BCUT2D eigenvalue weighted by atomic mass is 10.0. The van der Waals surface area contributed by atoms with Crippen LogP contribution in [0.1, 0.15) is 47.2 Å². The van der Waals surface area contributed by atoms with Crippen molar-refractivity contribution in [2.75, 3.05) is 18.4 Å². The van der Waals surface area contributed by atoms with Crippen molar-refractivity contribution in [1.82, 2.24) is 4.90 Å². The third-order valence-corrected chi connectivity index (χ3v) is 6.18. The van der Waals surface area contributed by atoms with Gasteiger partial charge < -0.3 is 10.2 Å². The lowest BCUT2D eigenvalue weighted by molar-refractivity contribution is -0.111. The third-order valence-electron chi connectivity index (χ3n) is 5.83. The fraction of sp³-hybridized carbons (Fsp3) is 0.214. The molecule has 168 valence electrons. The van der Waals surface area contributed by atoms with Crippen LogP contribution in [-0.2, 0) is 4.79 Å². The van der Waals surface area contributed by atoms with Crippen LogP contribution in [0.3, 0.4) is 0 Å². The molecule has 3 aromatic rings. The molecular weight excluding hydrogens is 432 g/mol. The number of benzene rings is 3. The number of anilines is 1. The second-order valence-electron chi connectivity index (χ2n) is 8.15. The maximum atomic E-state index is 13.5. The van der Waals surface area contributed by atoms with Crippen molar-refractivity contribution in [3.05, 3.63) is 101 Å². The highest BCUT2D eigenvalue weighted by Crippen LogP contribution is 2.26. The fourth-order valence-electron chi connectivity index (χ4n) is 4.06. The summed E-state index contributed by atoms with van der Waals surface area (Å²) in [6, 6.07) is 24.1. The highest BCUT2D eigenvalue weighted by Gasteiger charge is 2.22. The van der Waals surface area contributed by atoms with E-state index in [-0.39, 0.29) is 11.8 Å². The number of hydrogen-bond acceptors (Lipinski definition) is 2. The van der Waals surface area contributed by atoms with Crippen molar-refractivity contribution >= 4 is 40.8 Å². The molecule has 0 unspecified atom stereocenters. The molecule has 0 saturated carbocycles. The van der Waals surface area contributed by atoms with E-state index in [0.717, 1.165) is 49.9 Å². The predicted molar refractivity (Wildman–Crippen MR) is 135 cm³/mol. The van der Waals surface area contributed by atoms with Crippen LogP contribution in [0.2, 0.25) is 5.02 Å². The maximum absolute atomic E-state index is 13.5. The summed E-state index contributed by atoms with van der Waals surface area (Å²) < 4.78 is 0. The molecule has 0 spiro atoms. The van der Waals surface area contributed by atoms with Crippen LogP contribution >= 0.6 is 11.6 Å². The molecule has 0 atom stereocenters. The number of nitrogens with one attached hydrogen (secondary N) is 1. The smallest absolute Gasteiger partial charge is 0.256 e. The number of carbonyl (C=O) groups is 2. The number of para-hydroxylation sites is 1. The molecule has 4 rings (SSSR count). The van der Waals surface area contributed by atoms with E-state index < -0.39 is 0 Å². The number of likely N-dealkylation sites (tertiary alicyclic amines) is 1. The van der Waals surface area contributed by atoms with Gasteiger partial charge in [0.05, 0.1) is 11.3 Å². The first-order chi connectivity index (χ1) is 16.1. The Bertz CT molecular complexity index is 1150. The Kier molecular flexibility index (Phi) is 7.59. The lowest BCUT2D eigenvalue weighted by Gasteiger charge is -2.22. The minimum Gasteiger partial charge on any atom is -0.339 e. The predicted octanol–water partition coefficient (Wildman–Crippen LogP) is 6.54. The number of hydrogen-bond donors (Lipinski definition) is 1. The van der Waals surface area contributed by atoms with Gasteiger partial charge in [-0.2, -0.15) is 0 Å². The largest absolute Gasteiger partial charge is 0.339 e. The van der Waals surface area contributed by atoms with Crippen LogP contribution in [0.15, 0.2) is 78.9 Å². The monoisotopic (exact) mass is 458 g/mol. The van der Waals surface area contributed by atoms with Crippen LogP contribution in [0, 0.1) is 0 Å². The maximum Gasteiger partial charge on any atom is 0.256 e. The zero-order valence-corrected chi connectivity index (χ0v) is 19.2. The average Bonchev–Trinajstić information content (AvgIpc) is 3.14. The number of halogens is 1. The normalized spacial score (nSPS) is 14.5. The first-order valence-electron chi connectivity index (χ1n) is 11.3. The molecule has 0 aliphatic carbocycles. The Hall–Kier alpha value is -3.37. The van der Waals surface area contributed by atoms with Gasteiger partial charge in [0.2, 0.25) is 0 Å². The summed E-state index contributed by atoms with van der Waals surface area (Å²) in [7, 11) is 0. The van der Waals surface area contributed by atoms with E-state index in [1.807, 2.05) is 65.6 Å². The van der Waals surface area contributed by atoms with Crippen LogP contribution in [-0.4, -0.2) is 29.8 Å². The van der Waals surface area contributed by atoms with Gasteiger partial charge in [-0.1, -0.05) is 85.1 Å². The molecular formula is C28H27ClN2O2. The van der Waals surface area contributed by atoms with Crippen LogP contribution in [0.4, 0.5) is 5.69 Å². The molecule has 33 heavy (non-hydrogen) atoms. The molecule has 3 aromatic carbocycles. The summed E-state index contributed by atoms with van der Waals surface area (Å²) in [5.41, 5.74) is 3.02. The quantitative estimate of drug-likeness (QED) is 0.348. The lowest BCUT2D eigenvalue weighted by Crippen LogP contribution is -2.32. The van der Waals surface area contributed by atoms with Gasteiger partial charge in [-0.15, -0.1) is 0 Å². The van der Waals surface area contributed by atoms with Gasteiger partial charge in [-0.05, 0) is 48.2 Å². The van der Waals surface area contributed by atoms with Crippen LogP contribution < -0.4 is 5.32 Å². The average molecular weight is 459 g/mol. The Morgan fingerprint density at radius 1 is 0.788 bits per heavy atom. The van der Waals surface area contributed by atoms with E-state index in [0.29, 0.717) is 21.8 Å². The molecule has 0 radical (unpaired) electrons. The SMILES string of the molecule is O=C(Nc1ccccc1C(=O)N1CCCCCC1)/C(=C/c1ccccc1Cl)c1ccccc1. The number of carbonyl (C=O) groups excluding carboxylic acids is 2. The second kappa shape index (κ2) is 11.0. The molecule has 1 fully saturated rings. The standard InChI is InChI=1S/C28H27ClN2O2/c29-25-16-8-6-14-22(25)20-24(21-12-4-3-5-13-21)27(32)30-26-17-9-7-15-23(26)28(33)31-18-10-1-2-11-19-31/h3-9,12-17,20H,1-2,10-11,18-19H2,(H,30,32)/b24-20+. The molecule has 1 heterocycles. The molecule has 1 N–H and O–H groups in total. The minimum absolute atomic E-state index is 0.0378. The highest BCUT2D eigenvalue weighted by molar-refractivity contribution is 6.34. The van der Waals surface area contributed by atoms with Gasteiger partial charge in [0.25, 0.3) is 11.8 Å². The number of amides is 2. The van der Waals surface area contributed by atoms with E-state index in [2.05, 4.69) is 5.32 Å². The van der Waals surface area contributed by atoms with E-state index in [4.69, 9.17) is 11.6 Å². The Morgan fingerprint density at radius 3 is 2.15 bits per heavy atom. The summed E-state index contributed by atoms with van der Waals surface area (Å²) >= 11 is 6.36. The van der Waals surface area contributed by atoms with Gasteiger partial charge in [-0.3, -0.25) is 9.59 Å². The van der Waals surface area contributed by atoms with Crippen LogP contribution in [0.5, 0.6) is 0 Å². The summed E-state index contributed by atoms with van der Waals surface area (Å²) in [6.45, 7) is 1.51. The Balaban J connectivity index is 1.65. The van der Waals surface area contributed by atoms with Crippen LogP contribution in [0.25, 0.3) is 11.6 Å². The summed E-state index contributed by atoms with van der Waals surface area (Å²) in [5, 5.41) is 3.55. The molecule has 4 nitrogen and oxygen atoms in total. The highest BCUT2D eigenvalue weighted by atomic mass is 35.5. The molecule has 2 amide bonds. The third kappa shape index (κ3) is 5.71.